The Morgan fingerprint density at radius 2 is 2.07 bits per heavy atom. The van der Waals surface area contributed by atoms with Crippen LogP contribution in [0.2, 0.25) is 0 Å². The van der Waals surface area contributed by atoms with Gasteiger partial charge < -0.3 is 5.73 Å². The molecule has 1 fully saturated rings. The maximum absolute atomic E-state index is 11.2. The van der Waals surface area contributed by atoms with Crippen LogP contribution in [0.1, 0.15) is 6.42 Å². The summed E-state index contributed by atoms with van der Waals surface area (Å²) in [5, 5.41) is 0. The molecule has 84 valence electrons. The van der Waals surface area contributed by atoms with Crippen LogP contribution in [0, 0.1) is 0 Å². The molecule has 0 aromatic rings. The molecule has 1 heterocycles. The molecule has 14 heavy (non-hydrogen) atoms. The number of hydrogen-bond donors (Lipinski definition) is 2. The van der Waals surface area contributed by atoms with Crippen molar-refractivity contribution in [3.63, 3.8) is 0 Å². The fourth-order valence-corrected chi connectivity index (χ4v) is 4.27. The van der Waals surface area contributed by atoms with Crippen molar-refractivity contribution >= 4 is 19.9 Å². The molecule has 1 saturated heterocycles. The normalized spacial score (nSPS) is 26.5. The highest BCUT2D eigenvalue weighted by molar-refractivity contribution is 7.92. The molecule has 0 spiro atoms. The quantitative estimate of drug-likeness (QED) is 0.596. The smallest absolute Gasteiger partial charge is 0.213 e. The Hall–Kier alpha value is -0.180. The molecule has 0 saturated carbocycles. The first kappa shape index (κ1) is 11.9. The van der Waals surface area contributed by atoms with Gasteiger partial charge in [0, 0.05) is 12.6 Å². The Kier molecular flexibility index (Phi) is 3.51. The lowest BCUT2D eigenvalue weighted by Crippen LogP contribution is -2.38. The van der Waals surface area contributed by atoms with Gasteiger partial charge in [0.05, 0.1) is 17.3 Å². The van der Waals surface area contributed by atoms with Crippen molar-refractivity contribution in [3.05, 3.63) is 0 Å². The summed E-state index contributed by atoms with van der Waals surface area (Å²) < 4.78 is 46.8. The van der Waals surface area contributed by atoms with Gasteiger partial charge in [0.15, 0.2) is 9.84 Å². The van der Waals surface area contributed by atoms with E-state index >= 15 is 0 Å². The van der Waals surface area contributed by atoms with Gasteiger partial charge in [-0.05, 0) is 6.42 Å². The first-order valence-electron chi connectivity index (χ1n) is 4.25. The van der Waals surface area contributed by atoms with Crippen molar-refractivity contribution in [2.45, 2.75) is 12.5 Å². The average Bonchev–Trinajstić information content (AvgIpc) is 2.28. The van der Waals surface area contributed by atoms with Gasteiger partial charge in [-0.1, -0.05) is 0 Å². The fraction of sp³-hybridized carbons (Fsp3) is 1.00. The van der Waals surface area contributed by atoms with Gasteiger partial charge in [-0.15, -0.1) is 0 Å². The minimum absolute atomic E-state index is 0.0365. The molecule has 1 unspecified atom stereocenters. The van der Waals surface area contributed by atoms with E-state index in [0.29, 0.717) is 6.42 Å². The van der Waals surface area contributed by atoms with E-state index in [1.807, 2.05) is 0 Å². The first-order valence-corrected chi connectivity index (χ1v) is 7.72. The van der Waals surface area contributed by atoms with Gasteiger partial charge in [-0.2, -0.15) is 0 Å². The number of nitrogens with one attached hydrogen (secondary N) is 1. The van der Waals surface area contributed by atoms with Crippen molar-refractivity contribution in [2.24, 2.45) is 5.73 Å². The number of sulfone groups is 1. The van der Waals surface area contributed by atoms with Crippen LogP contribution in [0.15, 0.2) is 0 Å². The summed E-state index contributed by atoms with van der Waals surface area (Å²) in [6, 6.07) is -0.475. The van der Waals surface area contributed by atoms with Crippen LogP contribution in [0.25, 0.3) is 0 Å². The molecule has 3 N–H and O–H groups in total. The van der Waals surface area contributed by atoms with E-state index in [9.17, 15) is 16.8 Å². The van der Waals surface area contributed by atoms with E-state index in [1.54, 1.807) is 0 Å². The van der Waals surface area contributed by atoms with Crippen LogP contribution in [0.5, 0.6) is 0 Å². The lowest BCUT2D eigenvalue weighted by molar-refractivity contribution is 0.562. The molecule has 0 aromatic carbocycles. The molecule has 0 bridgehead atoms. The van der Waals surface area contributed by atoms with Gasteiger partial charge in [0.1, 0.15) is 0 Å². The largest absolute Gasteiger partial charge is 0.329 e. The van der Waals surface area contributed by atoms with Gasteiger partial charge >= 0.3 is 0 Å². The van der Waals surface area contributed by atoms with Crippen molar-refractivity contribution in [3.8, 4) is 0 Å². The second kappa shape index (κ2) is 4.13. The summed E-state index contributed by atoms with van der Waals surface area (Å²) in [6.45, 7) is 0.0365. The zero-order valence-electron chi connectivity index (χ0n) is 7.64. The zero-order valence-corrected chi connectivity index (χ0v) is 9.27. The fourth-order valence-electron chi connectivity index (χ4n) is 1.36. The molecule has 0 amide bonds. The standard InChI is InChI=1S/C6H14N2O4S2/c7-2-4-14(11,12)8-6-1-3-13(9,10)5-6/h6,8H,1-5,7H2. The predicted molar refractivity (Wildman–Crippen MR) is 53.0 cm³/mol. The zero-order chi connectivity index (χ0) is 10.8. The summed E-state index contributed by atoms with van der Waals surface area (Å²) in [5.41, 5.74) is 5.10. The maximum atomic E-state index is 11.2. The summed E-state index contributed by atoms with van der Waals surface area (Å²) in [4.78, 5) is 0. The molecule has 1 rings (SSSR count). The topological polar surface area (TPSA) is 106 Å². The first-order chi connectivity index (χ1) is 6.35. The van der Waals surface area contributed by atoms with Crippen LogP contribution >= 0.6 is 0 Å². The maximum Gasteiger partial charge on any atom is 0.213 e. The molecule has 6 nitrogen and oxygen atoms in total. The predicted octanol–water partition coefficient (Wildman–Crippen LogP) is -1.95. The molecule has 0 aliphatic carbocycles. The van der Waals surface area contributed by atoms with Gasteiger partial charge in [0.25, 0.3) is 0 Å². The Bertz CT molecular complexity index is 386. The number of rotatable bonds is 4. The monoisotopic (exact) mass is 242 g/mol. The lowest BCUT2D eigenvalue weighted by Gasteiger charge is -2.10. The summed E-state index contributed by atoms with van der Waals surface area (Å²) in [5.74, 6) is -0.205. The van der Waals surface area contributed by atoms with Crippen LogP contribution in [0.4, 0.5) is 0 Å². The van der Waals surface area contributed by atoms with E-state index in [0.717, 1.165) is 0 Å². The molecule has 0 aromatic heterocycles. The third kappa shape index (κ3) is 3.52. The highest BCUT2D eigenvalue weighted by atomic mass is 32.2. The molecule has 1 aliphatic heterocycles. The van der Waals surface area contributed by atoms with E-state index in [-0.39, 0.29) is 23.8 Å². The van der Waals surface area contributed by atoms with Crippen molar-refractivity contribution < 1.29 is 16.8 Å². The lowest BCUT2D eigenvalue weighted by atomic mass is 10.3. The molecule has 1 atom stereocenters. The van der Waals surface area contributed by atoms with Gasteiger partial charge in [-0.25, -0.2) is 21.6 Å². The van der Waals surface area contributed by atoms with Gasteiger partial charge in [0.2, 0.25) is 10.0 Å². The molecule has 8 heteroatoms. The Balaban J connectivity index is 2.56. The van der Waals surface area contributed by atoms with Crippen molar-refractivity contribution in [1.29, 1.82) is 0 Å². The average molecular weight is 242 g/mol. The van der Waals surface area contributed by atoms with Gasteiger partial charge in [-0.3, -0.25) is 0 Å². The third-order valence-electron chi connectivity index (χ3n) is 1.97. The van der Waals surface area contributed by atoms with Crippen LogP contribution in [0.3, 0.4) is 0 Å². The second-order valence-corrected chi connectivity index (χ2v) is 7.43. The van der Waals surface area contributed by atoms with Crippen molar-refractivity contribution in [2.75, 3.05) is 23.8 Å². The minimum atomic E-state index is -3.40. The molecular formula is C6H14N2O4S2. The summed E-state index contributed by atoms with van der Waals surface area (Å²) >= 11 is 0. The number of nitrogens with two attached hydrogens (primary N) is 1. The number of hydrogen-bond acceptors (Lipinski definition) is 5. The molecule has 0 radical (unpaired) electrons. The van der Waals surface area contributed by atoms with E-state index < -0.39 is 25.9 Å². The summed E-state index contributed by atoms with van der Waals surface area (Å²) in [6.07, 6.45) is 0.353. The highest BCUT2D eigenvalue weighted by Crippen LogP contribution is 2.11. The van der Waals surface area contributed by atoms with Crippen molar-refractivity contribution in [1.82, 2.24) is 4.72 Å². The Morgan fingerprint density at radius 1 is 1.43 bits per heavy atom. The molecule has 1 aliphatic rings. The molecular weight excluding hydrogens is 228 g/mol. The van der Waals surface area contributed by atoms with Crippen LogP contribution in [-0.4, -0.2) is 46.7 Å². The van der Waals surface area contributed by atoms with E-state index in [2.05, 4.69) is 4.72 Å². The SMILES string of the molecule is NCCS(=O)(=O)NC1CCS(=O)(=O)C1. The third-order valence-corrected chi connectivity index (χ3v) is 5.20. The second-order valence-electron chi connectivity index (χ2n) is 3.33. The van der Waals surface area contributed by atoms with Crippen LogP contribution in [-0.2, 0) is 19.9 Å². The highest BCUT2D eigenvalue weighted by Gasteiger charge is 2.30. The Labute approximate surface area is 83.8 Å². The van der Waals surface area contributed by atoms with Crippen LogP contribution < -0.4 is 10.5 Å². The van der Waals surface area contributed by atoms with E-state index in [1.165, 1.54) is 0 Å². The van der Waals surface area contributed by atoms with E-state index in [4.69, 9.17) is 5.73 Å². The summed E-state index contributed by atoms with van der Waals surface area (Å²) in [7, 11) is -6.45. The minimum Gasteiger partial charge on any atom is -0.329 e. The Morgan fingerprint density at radius 3 is 2.50 bits per heavy atom. The number of sulfonamides is 1.